The van der Waals surface area contributed by atoms with Crippen molar-refractivity contribution in [1.82, 2.24) is 15.0 Å². The molecule has 19 heavy (non-hydrogen) atoms. The Kier molecular flexibility index (Phi) is 4.51. The van der Waals surface area contributed by atoms with Gasteiger partial charge in [-0.25, -0.2) is 5.84 Å². The van der Waals surface area contributed by atoms with Gasteiger partial charge in [-0.2, -0.15) is 15.0 Å². The normalized spacial score (nSPS) is 10.2. The summed E-state index contributed by atoms with van der Waals surface area (Å²) in [5.41, 5.74) is 2.37. The molecule has 0 fully saturated rings. The highest BCUT2D eigenvalue weighted by Gasteiger charge is 2.06. The molecule has 0 aliphatic heterocycles. The van der Waals surface area contributed by atoms with Crippen molar-refractivity contribution in [3.05, 3.63) is 24.2 Å². The van der Waals surface area contributed by atoms with Crippen LogP contribution >= 0.6 is 0 Å². The molecule has 0 aliphatic carbocycles. The van der Waals surface area contributed by atoms with Crippen molar-refractivity contribution in [2.45, 2.75) is 13.3 Å². The average Bonchev–Trinajstić information content (AvgIpc) is 2.92. The number of nitrogens with two attached hydrogens (primary N) is 1. The molecule has 0 aliphatic rings. The Balaban J connectivity index is 1.96. The highest BCUT2D eigenvalue weighted by Crippen LogP contribution is 2.10. The highest BCUT2D eigenvalue weighted by atomic mass is 16.5. The van der Waals surface area contributed by atoms with Crippen molar-refractivity contribution in [3.63, 3.8) is 0 Å². The fourth-order valence-electron chi connectivity index (χ4n) is 1.45. The second-order valence-electron chi connectivity index (χ2n) is 3.60. The molecule has 4 N–H and O–H groups in total. The molecule has 8 nitrogen and oxygen atoms in total. The van der Waals surface area contributed by atoms with Crippen LogP contribution in [0.2, 0.25) is 0 Å². The zero-order valence-electron chi connectivity index (χ0n) is 10.6. The maximum Gasteiger partial charge on any atom is 0.323 e. The summed E-state index contributed by atoms with van der Waals surface area (Å²) in [6.45, 7) is 2.95. The number of anilines is 2. The summed E-state index contributed by atoms with van der Waals surface area (Å²) in [7, 11) is 0. The minimum atomic E-state index is 0.228. The number of rotatable bonds is 7. The molecule has 0 atom stereocenters. The van der Waals surface area contributed by atoms with Crippen LogP contribution in [0.25, 0.3) is 0 Å². The quantitative estimate of drug-likeness (QED) is 0.497. The van der Waals surface area contributed by atoms with Crippen LogP contribution in [0.15, 0.2) is 22.8 Å². The highest BCUT2D eigenvalue weighted by molar-refractivity contribution is 5.34. The lowest BCUT2D eigenvalue weighted by atomic mass is 10.3. The summed E-state index contributed by atoms with van der Waals surface area (Å²) in [5.74, 6) is 6.83. The summed E-state index contributed by atoms with van der Waals surface area (Å²) >= 11 is 0. The molecule has 2 aromatic rings. The standard InChI is InChI=1S/C11H16N6O2/c1-2-18-11-15-9(14-10(16-11)17-12)13-6-5-8-4-3-7-19-8/h3-4,7H,2,5-6,12H2,1H3,(H2,13,14,15,16,17). The Morgan fingerprint density at radius 1 is 1.32 bits per heavy atom. The van der Waals surface area contributed by atoms with Crippen LogP contribution in [-0.4, -0.2) is 28.1 Å². The first kappa shape index (κ1) is 13.1. The fourth-order valence-corrected chi connectivity index (χ4v) is 1.45. The lowest BCUT2D eigenvalue weighted by Crippen LogP contribution is -2.15. The van der Waals surface area contributed by atoms with Crippen molar-refractivity contribution in [3.8, 4) is 6.01 Å². The number of hydrazine groups is 1. The molecule has 0 amide bonds. The van der Waals surface area contributed by atoms with E-state index in [2.05, 4.69) is 25.7 Å². The smallest absolute Gasteiger partial charge is 0.323 e. The van der Waals surface area contributed by atoms with Gasteiger partial charge in [0.05, 0.1) is 12.9 Å². The van der Waals surface area contributed by atoms with E-state index in [-0.39, 0.29) is 12.0 Å². The van der Waals surface area contributed by atoms with Crippen LogP contribution in [0.3, 0.4) is 0 Å². The van der Waals surface area contributed by atoms with Crippen molar-refractivity contribution in [1.29, 1.82) is 0 Å². The van der Waals surface area contributed by atoms with Gasteiger partial charge in [0.1, 0.15) is 5.76 Å². The van der Waals surface area contributed by atoms with Crippen LogP contribution in [0.5, 0.6) is 6.01 Å². The summed E-state index contributed by atoms with van der Waals surface area (Å²) in [6.07, 6.45) is 2.37. The van der Waals surface area contributed by atoms with Crippen molar-refractivity contribution >= 4 is 11.9 Å². The number of hydrogen-bond donors (Lipinski definition) is 3. The van der Waals surface area contributed by atoms with Crippen molar-refractivity contribution in [2.75, 3.05) is 23.9 Å². The second kappa shape index (κ2) is 6.55. The van der Waals surface area contributed by atoms with Crippen molar-refractivity contribution in [2.24, 2.45) is 5.84 Å². The molecule has 0 spiro atoms. The van der Waals surface area contributed by atoms with E-state index in [1.807, 2.05) is 19.1 Å². The first-order chi connectivity index (χ1) is 9.31. The largest absolute Gasteiger partial charge is 0.469 e. The summed E-state index contributed by atoms with van der Waals surface area (Å²) in [5, 5.41) is 3.06. The maximum atomic E-state index is 5.29. The molecule has 2 rings (SSSR count). The first-order valence-corrected chi connectivity index (χ1v) is 5.93. The van der Waals surface area contributed by atoms with E-state index in [1.54, 1.807) is 6.26 Å². The Bertz CT molecular complexity index is 502. The lowest BCUT2D eigenvalue weighted by Gasteiger charge is -2.07. The zero-order chi connectivity index (χ0) is 13.5. The minimum Gasteiger partial charge on any atom is -0.469 e. The van der Waals surface area contributed by atoms with E-state index >= 15 is 0 Å². The lowest BCUT2D eigenvalue weighted by molar-refractivity contribution is 0.312. The molecule has 0 aromatic carbocycles. The molecule has 0 unspecified atom stereocenters. The third-order valence-electron chi connectivity index (χ3n) is 2.25. The maximum absolute atomic E-state index is 5.29. The van der Waals surface area contributed by atoms with Crippen LogP contribution in [0.1, 0.15) is 12.7 Å². The predicted molar refractivity (Wildman–Crippen MR) is 69.7 cm³/mol. The average molecular weight is 264 g/mol. The van der Waals surface area contributed by atoms with E-state index in [9.17, 15) is 0 Å². The van der Waals surface area contributed by atoms with Gasteiger partial charge in [-0.05, 0) is 19.1 Å². The van der Waals surface area contributed by atoms with E-state index in [0.717, 1.165) is 12.2 Å². The molecule has 102 valence electrons. The molecule has 0 radical (unpaired) electrons. The fraction of sp³-hybridized carbons (Fsp3) is 0.364. The third-order valence-corrected chi connectivity index (χ3v) is 2.25. The Morgan fingerprint density at radius 3 is 2.84 bits per heavy atom. The SMILES string of the molecule is CCOc1nc(NN)nc(NCCc2ccco2)n1. The first-order valence-electron chi connectivity index (χ1n) is 5.93. The zero-order valence-corrected chi connectivity index (χ0v) is 10.6. The van der Waals surface area contributed by atoms with Crippen LogP contribution in [-0.2, 0) is 6.42 Å². The predicted octanol–water partition coefficient (Wildman–Crippen LogP) is 0.803. The van der Waals surface area contributed by atoms with Gasteiger partial charge in [-0.3, -0.25) is 5.43 Å². The van der Waals surface area contributed by atoms with E-state index in [0.29, 0.717) is 19.1 Å². The van der Waals surface area contributed by atoms with Gasteiger partial charge in [0.2, 0.25) is 11.9 Å². The van der Waals surface area contributed by atoms with E-state index in [1.165, 1.54) is 0 Å². The van der Waals surface area contributed by atoms with Gasteiger partial charge < -0.3 is 14.5 Å². The van der Waals surface area contributed by atoms with Crippen LogP contribution < -0.4 is 21.3 Å². The number of hydrogen-bond acceptors (Lipinski definition) is 8. The van der Waals surface area contributed by atoms with Gasteiger partial charge in [0, 0.05) is 13.0 Å². The molecular formula is C11H16N6O2. The third kappa shape index (κ3) is 3.81. The van der Waals surface area contributed by atoms with Gasteiger partial charge in [-0.15, -0.1) is 0 Å². The molecule has 2 aromatic heterocycles. The molecule has 0 bridgehead atoms. The van der Waals surface area contributed by atoms with Gasteiger partial charge in [-0.1, -0.05) is 0 Å². The van der Waals surface area contributed by atoms with Gasteiger partial charge in [0.15, 0.2) is 0 Å². The monoisotopic (exact) mass is 264 g/mol. The number of ether oxygens (including phenoxy) is 1. The number of nitrogens with zero attached hydrogens (tertiary/aromatic N) is 3. The molecule has 2 heterocycles. The number of aromatic nitrogens is 3. The topological polar surface area (TPSA) is 111 Å². The molecule has 8 heteroatoms. The van der Waals surface area contributed by atoms with Crippen LogP contribution in [0, 0.1) is 0 Å². The number of nitrogens with one attached hydrogen (secondary N) is 2. The van der Waals surface area contributed by atoms with Gasteiger partial charge >= 0.3 is 6.01 Å². The van der Waals surface area contributed by atoms with E-state index in [4.69, 9.17) is 15.0 Å². The summed E-state index contributed by atoms with van der Waals surface area (Å²) in [4.78, 5) is 12.1. The molecule has 0 saturated heterocycles. The summed E-state index contributed by atoms with van der Waals surface area (Å²) < 4.78 is 10.5. The van der Waals surface area contributed by atoms with Crippen LogP contribution in [0.4, 0.5) is 11.9 Å². The molecular weight excluding hydrogens is 248 g/mol. The Hall–Kier alpha value is -2.35. The van der Waals surface area contributed by atoms with E-state index < -0.39 is 0 Å². The molecule has 0 saturated carbocycles. The van der Waals surface area contributed by atoms with Gasteiger partial charge in [0.25, 0.3) is 0 Å². The summed E-state index contributed by atoms with van der Waals surface area (Å²) in [6, 6.07) is 3.99. The minimum absolute atomic E-state index is 0.228. The second-order valence-corrected chi connectivity index (χ2v) is 3.60. The Labute approximate surface area is 110 Å². The number of nitrogen functional groups attached to an aromatic ring is 1. The number of furan rings is 1. The van der Waals surface area contributed by atoms with Crippen molar-refractivity contribution < 1.29 is 9.15 Å². The Morgan fingerprint density at radius 2 is 2.16 bits per heavy atom.